The van der Waals surface area contributed by atoms with Crippen LogP contribution in [0.15, 0.2) is 48.7 Å². The number of methoxy groups -OCH3 is 2. The Balaban J connectivity index is 1.71. The first kappa shape index (κ1) is 17.5. The van der Waals surface area contributed by atoms with Gasteiger partial charge >= 0.3 is 0 Å². The zero-order valence-corrected chi connectivity index (χ0v) is 14.8. The van der Waals surface area contributed by atoms with E-state index in [0.717, 1.165) is 11.2 Å². The van der Waals surface area contributed by atoms with Crippen LogP contribution in [0, 0.1) is 0 Å². The summed E-state index contributed by atoms with van der Waals surface area (Å²) in [6.07, 6.45) is 5.04. The van der Waals surface area contributed by atoms with Crippen molar-refractivity contribution in [1.82, 2.24) is 19.9 Å². The van der Waals surface area contributed by atoms with Crippen LogP contribution in [0.2, 0.25) is 0 Å². The second-order valence-corrected chi connectivity index (χ2v) is 5.70. The molecule has 3 rings (SSSR count). The lowest BCUT2D eigenvalue weighted by molar-refractivity contribution is -0.117. The lowest BCUT2D eigenvalue weighted by Gasteiger charge is -2.10. The highest BCUT2D eigenvalue weighted by atomic mass is 16.5. The number of hydrogen-bond acceptors (Lipinski definition) is 5. The summed E-state index contributed by atoms with van der Waals surface area (Å²) in [5, 5.41) is 11.1. The summed E-state index contributed by atoms with van der Waals surface area (Å²) in [7, 11) is 3.17. The minimum absolute atomic E-state index is 0.230. The highest BCUT2D eigenvalue weighted by molar-refractivity contribution is 5.92. The summed E-state index contributed by atoms with van der Waals surface area (Å²) in [4.78, 5) is 12.2. The molecule has 2 heterocycles. The molecular formula is C19H20N4O3. The number of carbonyl (C=O) groups excluding carboxylic acids is 1. The predicted octanol–water partition coefficient (Wildman–Crippen LogP) is 2.64. The summed E-state index contributed by atoms with van der Waals surface area (Å²) >= 11 is 0. The van der Waals surface area contributed by atoms with Gasteiger partial charge in [-0.05, 0) is 42.8 Å². The van der Waals surface area contributed by atoms with Crippen LogP contribution in [0.5, 0.6) is 11.5 Å². The molecule has 0 radical (unpaired) electrons. The van der Waals surface area contributed by atoms with Crippen LogP contribution >= 0.6 is 0 Å². The van der Waals surface area contributed by atoms with Gasteiger partial charge in [0, 0.05) is 18.3 Å². The number of nitrogens with zero attached hydrogens (tertiary/aromatic N) is 3. The zero-order valence-electron chi connectivity index (χ0n) is 14.8. The number of benzene rings is 1. The van der Waals surface area contributed by atoms with Gasteiger partial charge in [0.15, 0.2) is 11.5 Å². The molecule has 0 fully saturated rings. The van der Waals surface area contributed by atoms with Crippen LogP contribution in [0.1, 0.15) is 24.4 Å². The number of hydrogen-bond donors (Lipinski definition) is 1. The van der Waals surface area contributed by atoms with E-state index >= 15 is 0 Å². The Morgan fingerprint density at radius 1 is 1.15 bits per heavy atom. The minimum atomic E-state index is -0.288. The third-order valence-electron chi connectivity index (χ3n) is 3.89. The normalized spacial score (nSPS) is 12.3. The predicted molar refractivity (Wildman–Crippen MR) is 98.1 cm³/mol. The molecule has 0 aliphatic carbocycles. The highest BCUT2D eigenvalue weighted by Crippen LogP contribution is 2.23. The summed E-state index contributed by atoms with van der Waals surface area (Å²) < 4.78 is 12.3. The SMILES string of the molecule is COc1cc(/C=C/C(=O)NC(C)c2nnc3ccccn23)cc(OC)c1. The van der Waals surface area contributed by atoms with Crippen molar-refractivity contribution in [2.45, 2.75) is 13.0 Å². The molecule has 134 valence electrons. The number of fused-ring (bicyclic) bond motifs is 1. The maximum atomic E-state index is 12.2. The first-order valence-electron chi connectivity index (χ1n) is 8.12. The van der Waals surface area contributed by atoms with Crippen molar-refractivity contribution in [2.75, 3.05) is 14.2 Å². The fourth-order valence-electron chi connectivity index (χ4n) is 2.58. The first-order valence-corrected chi connectivity index (χ1v) is 8.12. The van der Waals surface area contributed by atoms with Crippen molar-refractivity contribution in [1.29, 1.82) is 0 Å². The molecule has 0 spiro atoms. The maximum Gasteiger partial charge on any atom is 0.244 e. The lowest BCUT2D eigenvalue weighted by atomic mass is 10.2. The summed E-state index contributed by atoms with van der Waals surface area (Å²) in [6.45, 7) is 1.86. The minimum Gasteiger partial charge on any atom is -0.497 e. The van der Waals surface area contributed by atoms with Crippen LogP contribution < -0.4 is 14.8 Å². The quantitative estimate of drug-likeness (QED) is 0.690. The Labute approximate surface area is 151 Å². The fraction of sp³-hybridized carbons (Fsp3) is 0.211. The van der Waals surface area contributed by atoms with Gasteiger partial charge in [-0.2, -0.15) is 0 Å². The number of carbonyl (C=O) groups is 1. The van der Waals surface area contributed by atoms with E-state index < -0.39 is 0 Å². The molecular weight excluding hydrogens is 332 g/mol. The summed E-state index contributed by atoms with van der Waals surface area (Å²) in [6, 6.07) is 10.8. The zero-order chi connectivity index (χ0) is 18.5. The molecule has 0 aliphatic rings. The molecule has 2 aromatic heterocycles. The molecule has 1 atom stereocenters. The number of aromatic nitrogens is 3. The second-order valence-electron chi connectivity index (χ2n) is 5.70. The molecule has 0 aliphatic heterocycles. The average Bonchev–Trinajstić information content (AvgIpc) is 3.10. The highest BCUT2D eigenvalue weighted by Gasteiger charge is 2.14. The van der Waals surface area contributed by atoms with Crippen LogP contribution in [0.3, 0.4) is 0 Å². The van der Waals surface area contributed by atoms with Gasteiger partial charge in [-0.25, -0.2) is 0 Å². The maximum absolute atomic E-state index is 12.2. The van der Waals surface area contributed by atoms with Crippen molar-refractivity contribution in [3.8, 4) is 11.5 Å². The van der Waals surface area contributed by atoms with E-state index in [-0.39, 0.29) is 11.9 Å². The van der Waals surface area contributed by atoms with E-state index in [9.17, 15) is 4.79 Å². The standard InChI is InChI=1S/C19H20N4O3/c1-13(19-22-21-17-6-4-5-9-23(17)19)20-18(24)8-7-14-10-15(25-2)12-16(11-14)26-3/h4-13H,1-3H3,(H,20,24)/b8-7+. The molecule has 1 N–H and O–H groups in total. The molecule has 26 heavy (non-hydrogen) atoms. The third-order valence-corrected chi connectivity index (χ3v) is 3.89. The van der Waals surface area contributed by atoms with Crippen LogP contribution in [0.25, 0.3) is 11.7 Å². The third kappa shape index (κ3) is 3.83. The van der Waals surface area contributed by atoms with Crippen LogP contribution in [0.4, 0.5) is 0 Å². The molecule has 1 unspecified atom stereocenters. The molecule has 0 saturated carbocycles. The summed E-state index contributed by atoms with van der Waals surface area (Å²) in [5.74, 6) is 1.76. The second kappa shape index (κ2) is 7.69. The monoisotopic (exact) mass is 352 g/mol. The van der Waals surface area contributed by atoms with E-state index in [1.165, 1.54) is 6.08 Å². The molecule has 0 saturated heterocycles. The van der Waals surface area contributed by atoms with Gasteiger partial charge in [-0.3, -0.25) is 9.20 Å². The average molecular weight is 352 g/mol. The fourth-order valence-corrected chi connectivity index (χ4v) is 2.58. The number of amides is 1. The number of ether oxygens (including phenoxy) is 2. The molecule has 1 aromatic carbocycles. The van der Waals surface area contributed by atoms with Gasteiger partial charge in [0.2, 0.25) is 5.91 Å². The Hall–Kier alpha value is -3.35. The van der Waals surface area contributed by atoms with Gasteiger partial charge in [-0.15, -0.1) is 10.2 Å². The van der Waals surface area contributed by atoms with Crippen molar-refractivity contribution >= 4 is 17.6 Å². The lowest BCUT2D eigenvalue weighted by Crippen LogP contribution is -2.26. The van der Waals surface area contributed by atoms with Crippen molar-refractivity contribution in [3.05, 3.63) is 60.1 Å². The first-order chi connectivity index (χ1) is 12.6. The number of rotatable bonds is 6. The van der Waals surface area contributed by atoms with Gasteiger partial charge < -0.3 is 14.8 Å². The van der Waals surface area contributed by atoms with Crippen molar-refractivity contribution < 1.29 is 14.3 Å². The van der Waals surface area contributed by atoms with E-state index in [4.69, 9.17) is 9.47 Å². The van der Waals surface area contributed by atoms with Gasteiger partial charge in [0.1, 0.15) is 11.5 Å². The Morgan fingerprint density at radius 2 is 1.88 bits per heavy atom. The topological polar surface area (TPSA) is 77.8 Å². The van der Waals surface area contributed by atoms with Gasteiger partial charge in [-0.1, -0.05) is 6.07 Å². The summed E-state index contributed by atoms with van der Waals surface area (Å²) in [5.41, 5.74) is 1.54. The Kier molecular flexibility index (Phi) is 5.17. The van der Waals surface area contributed by atoms with Crippen LogP contribution in [-0.4, -0.2) is 34.7 Å². The Bertz CT molecular complexity index is 927. The molecule has 7 nitrogen and oxygen atoms in total. The van der Waals surface area contributed by atoms with Gasteiger partial charge in [0.25, 0.3) is 0 Å². The van der Waals surface area contributed by atoms with Crippen molar-refractivity contribution in [3.63, 3.8) is 0 Å². The van der Waals surface area contributed by atoms with E-state index in [2.05, 4.69) is 15.5 Å². The molecule has 7 heteroatoms. The van der Waals surface area contributed by atoms with E-state index in [1.54, 1.807) is 26.4 Å². The van der Waals surface area contributed by atoms with Crippen LogP contribution in [-0.2, 0) is 4.79 Å². The van der Waals surface area contributed by atoms with E-state index in [0.29, 0.717) is 17.3 Å². The number of pyridine rings is 1. The largest absolute Gasteiger partial charge is 0.497 e. The molecule has 0 bridgehead atoms. The molecule has 1 amide bonds. The van der Waals surface area contributed by atoms with Gasteiger partial charge in [0.05, 0.1) is 20.3 Å². The van der Waals surface area contributed by atoms with E-state index in [1.807, 2.05) is 47.9 Å². The Morgan fingerprint density at radius 3 is 2.58 bits per heavy atom. The smallest absolute Gasteiger partial charge is 0.244 e. The molecule has 3 aromatic rings. The number of nitrogens with one attached hydrogen (secondary N) is 1. The van der Waals surface area contributed by atoms with Crippen molar-refractivity contribution in [2.24, 2.45) is 0 Å².